The molecule has 0 aliphatic carbocycles. The normalized spacial score (nSPS) is 21.0. The summed E-state index contributed by atoms with van der Waals surface area (Å²) in [6, 6.07) is 4.00. The highest BCUT2D eigenvalue weighted by molar-refractivity contribution is 5.79. The van der Waals surface area contributed by atoms with Crippen molar-refractivity contribution in [1.82, 2.24) is 10.2 Å². The highest BCUT2D eigenvalue weighted by Gasteiger charge is 2.40. The second-order valence-electron chi connectivity index (χ2n) is 6.21. The maximum Gasteiger partial charge on any atom is 0.227 e. The number of rotatable bonds is 2. The maximum absolute atomic E-state index is 13.6. The van der Waals surface area contributed by atoms with E-state index in [1.165, 1.54) is 12.1 Å². The average molecular weight is 294 g/mol. The second kappa shape index (κ2) is 5.72. The molecule has 0 atom stereocenters. The Kier molecular flexibility index (Phi) is 3.93. The van der Waals surface area contributed by atoms with Crippen molar-refractivity contribution in [2.45, 2.75) is 25.7 Å². The number of hydrogen-bond donors (Lipinski definition) is 1. The molecule has 5 heteroatoms. The van der Waals surface area contributed by atoms with Gasteiger partial charge in [0.05, 0.1) is 6.42 Å². The number of benzene rings is 1. The van der Waals surface area contributed by atoms with Gasteiger partial charge in [0.2, 0.25) is 5.91 Å². The lowest BCUT2D eigenvalue weighted by molar-refractivity contribution is -0.130. The van der Waals surface area contributed by atoms with Crippen molar-refractivity contribution in [3.63, 3.8) is 0 Å². The Hall–Kier alpha value is -1.49. The first-order chi connectivity index (χ1) is 10.1. The lowest BCUT2D eigenvalue weighted by atomic mass is 9.78. The number of amides is 1. The number of piperidine rings is 1. The van der Waals surface area contributed by atoms with Gasteiger partial charge in [-0.3, -0.25) is 4.79 Å². The van der Waals surface area contributed by atoms with E-state index in [0.29, 0.717) is 0 Å². The van der Waals surface area contributed by atoms with Gasteiger partial charge in [-0.05, 0) is 43.8 Å². The van der Waals surface area contributed by atoms with Crippen LogP contribution in [0.5, 0.6) is 0 Å². The zero-order chi connectivity index (χ0) is 14.9. The Bertz CT molecular complexity index is 541. The molecule has 0 unspecified atom stereocenters. The first-order valence-corrected chi connectivity index (χ1v) is 7.51. The molecule has 114 valence electrons. The predicted octanol–water partition coefficient (Wildman–Crippen LogP) is 2.11. The van der Waals surface area contributed by atoms with Crippen molar-refractivity contribution in [3.05, 3.63) is 35.4 Å². The van der Waals surface area contributed by atoms with Gasteiger partial charge in [-0.2, -0.15) is 0 Å². The fraction of sp³-hybridized carbons (Fsp3) is 0.562. The number of hydrogen-bond acceptors (Lipinski definition) is 2. The van der Waals surface area contributed by atoms with Crippen molar-refractivity contribution in [2.75, 3.05) is 26.2 Å². The van der Waals surface area contributed by atoms with Crippen LogP contribution in [-0.2, 0) is 11.2 Å². The Morgan fingerprint density at radius 2 is 2.00 bits per heavy atom. The standard InChI is InChI=1S/C16H20F2N2O/c17-13-3-1-2-12(15(13)18)10-14(21)20-9-6-16(11-20)4-7-19-8-5-16/h1-3,19H,4-11H2. The van der Waals surface area contributed by atoms with Crippen molar-refractivity contribution in [3.8, 4) is 0 Å². The number of likely N-dealkylation sites (tertiary alicyclic amines) is 1. The van der Waals surface area contributed by atoms with Crippen LogP contribution in [0.4, 0.5) is 8.78 Å². The van der Waals surface area contributed by atoms with Gasteiger partial charge in [-0.25, -0.2) is 8.78 Å². The zero-order valence-corrected chi connectivity index (χ0v) is 12.0. The first-order valence-electron chi connectivity index (χ1n) is 7.51. The molecule has 0 saturated carbocycles. The van der Waals surface area contributed by atoms with E-state index in [2.05, 4.69) is 5.32 Å². The molecule has 21 heavy (non-hydrogen) atoms. The van der Waals surface area contributed by atoms with Gasteiger partial charge in [-0.15, -0.1) is 0 Å². The second-order valence-corrected chi connectivity index (χ2v) is 6.21. The molecule has 3 nitrogen and oxygen atoms in total. The van der Waals surface area contributed by atoms with E-state index in [-0.39, 0.29) is 23.3 Å². The minimum atomic E-state index is -0.901. The summed E-state index contributed by atoms with van der Waals surface area (Å²) in [4.78, 5) is 14.1. The smallest absolute Gasteiger partial charge is 0.227 e. The van der Waals surface area contributed by atoms with Crippen LogP contribution in [0.25, 0.3) is 0 Å². The quantitative estimate of drug-likeness (QED) is 0.906. The number of halogens is 2. The highest BCUT2D eigenvalue weighted by Crippen LogP contribution is 2.38. The summed E-state index contributed by atoms with van der Waals surface area (Å²) < 4.78 is 26.8. The first kappa shape index (κ1) is 14.4. The van der Waals surface area contributed by atoms with Gasteiger partial charge < -0.3 is 10.2 Å². The summed E-state index contributed by atoms with van der Waals surface area (Å²) in [5, 5.41) is 3.34. The topological polar surface area (TPSA) is 32.3 Å². The third-order valence-electron chi connectivity index (χ3n) is 4.83. The van der Waals surface area contributed by atoms with E-state index in [1.54, 1.807) is 0 Å². The summed E-state index contributed by atoms with van der Waals surface area (Å²) in [5.74, 6) is -1.90. The molecular weight excluding hydrogens is 274 g/mol. The summed E-state index contributed by atoms with van der Waals surface area (Å²) in [6.45, 7) is 3.49. The van der Waals surface area contributed by atoms with Gasteiger partial charge in [0.15, 0.2) is 11.6 Å². The lowest BCUT2D eigenvalue weighted by Crippen LogP contribution is -2.40. The van der Waals surface area contributed by atoms with Crippen LogP contribution in [0.2, 0.25) is 0 Å². The van der Waals surface area contributed by atoms with E-state index in [1.807, 2.05) is 4.90 Å². The predicted molar refractivity (Wildman–Crippen MR) is 75.8 cm³/mol. The molecule has 2 saturated heterocycles. The van der Waals surface area contributed by atoms with Crippen molar-refractivity contribution < 1.29 is 13.6 Å². The molecule has 1 aromatic carbocycles. The van der Waals surface area contributed by atoms with E-state index < -0.39 is 11.6 Å². The highest BCUT2D eigenvalue weighted by atomic mass is 19.2. The molecule has 2 aliphatic rings. The minimum absolute atomic E-state index is 0.0576. The Balaban J connectivity index is 1.65. The van der Waals surface area contributed by atoms with Gasteiger partial charge in [0.25, 0.3) is 0 Å². The SMILES string of the molecule is O=C(Cc1cccc(F)c1F)N1CCC2(CCNCC2)C1. The zero-order valence-electron chi connectivity index (χ0n) is 12.0. The van der Waals surface area contributed by atoms with Crippen LogP contribution < -0.4 is 5.32 Å². The van der Waals surface area contributed by atoms with Gasteiger partial charge in [0.1, 0.15) is 0 Å². The van der Waals surface area contributed by atoms with Crippen LogP contribution >= 0.6 is 0 Å². The maximum atomic E-state index is 13.6. The van der Waals surface area contributed by atoms with Gasteiger partial charge in [0, 0.05) is 18.7 Å². The molecule has 1 aromatic rings. The van der Waals surface area contributed by atoms with E-state index >= 15 is 0 Å². The number of nitrogens with zero attached hydrogens (tertiary/aromatic N) is 1. The van der Waals surface area contributed by atoms with Crippen LogP contribution in [0.1, 0.15) is 24.8 Å². The molecule has 3 rings (SSSR count). The van der Waals surface area contributed by atoms with Gasteiger partial charge in [-0.1, -0.05) is 12.1 Å². The molecule has 1 N–H and O–H groups in total. The van der Waals surface area contributed by atoms with Crippen LogP contribution in [0.3, 0.4) is 0 Å². The van der Waals surface area contributed by atoms with E-state index in [9.17, 15) is 13.6 Å². The molecule has 1 amide bonds. The molecule has 2 aliphatic heterocycles. The number of nitrogens with one attached hydrogen (secondary N) is 1. The molecule has 2 fully saturated rings. The van der Waals surface area contributed by atoms with Crippen LogP contribution in [-0.4, -0.2) is 37.0 Å². The summed E-state index contributed by atoms with van der Waals surface area (Å²) >= 11 is 0. The van der Waals surface area contributed by atoms with Crippen LogP contribution in [0, 0.1) is 17.0 Å². The van der Waals surface area contributed by atoms with Crippen molar-refractivity contribution >= 4 is 5.91 Å². The van der Waals surface area contributed by atoms with Gasteiger partial charge >= 0.3 is 0 Å². The van der Waals surface area contributed by atoms with Crippen molar-refractivity contribution in [1.29, 1.82) is 0 Å². The Labute approximate surface area is 123 Å². The summed E-state index contributed by atoms with van der Waals surface area (Å²) in [5.41, 5.74) is 0.382. The monoisotopic (exact) mass is 294 g/mol. The largest absolute Gasteiger partial charge is 0.342 e. The molecular formula is C16H20F2N2O. The Morgan fingerprint density at radius 1 is 1.24 bits per heavy atom. The summed E-state index contributed by atoms with van der Waals surface area (Å²) in [7, 11) is 0. The molecule has 1 spiro atoms. The third kappa shape index (κ3) is 2.93. The fourth-order valence-electron chi connectivity index (χ4n) is 3.47. The molecule has 0 bridgehead atoms. The number of carbonyl (C=O) groups is 1. The van der Waals surface area contributed by atoms with E-state index in [0.717, 1.165) is 51.5 Å². The number of carbonyl (C=O) groups excluding carboxylic acids is 1. The van der Waals surface area contributed by atoms with Crippen LogP contribution in [0.15, 0.2) is 18.2 Å². The minimum Gasteiger partial charge on any atom is -0.342 e. The summed E-state index contributed by atoms with van der Waals surface area (Å²) in [6.07, 6.45) is 3.14. The molecule has 0 radical (unpaired) electrons. The average Bonchev–Trinajstić information content (AvgIpc) is 2.88. The lowest BCUT2D eigenvalue weighted by Gasteiger charge is -2.33. The molecule has 2 heterocycles. The van der Waals surface area contributed by atoms with Crippen molar-refractivity contribution in [2.24, 2.45) is 5.41 Å². The fourth-order valence-corrected chi connectivity index (χ4v) is 3.47. The third-order valence-corrected chi connectivity index (χ3v) is 4.83. The van der Waals surface area contributed by atoms with E-state index in [4.69, 9.17) is 0 Å². The Morgan fingerprint density at radius 3 is 2.76 bits per heavy atom. The molecule has 0 aromatic heterocycles.